The highest BCUT2D eigenvalue weighted by molar-refractivity contribution is 9.10. The van der Waals surface area contributed by atoms with Crippen molar-refractivity contribution in [3.63, 3.8) is 0 Å². The van der Waals surface area contributed by atoms with Crippen LogP contribution in [-0.2, 0) is 0 Å². The smallest absolute Gasteiger partial charge is 0.124 e. The van der Waals surface area contributed by atoms with Crippen LogP contribution in [0.4, 0.5) is 4.39 Å². The van der Waals surface area contributed by atoms with Gasteiger partial charge in [-0.2, -0.15) is 0 Å². The summed E-state index contributed by atoms with van der Waals surface area (Å²) in [5.41, 5.74) is 9.66. The van der Waals surface area contributed by atoms with Crippen molar-refractivity contribution >= 4 is 15.9 Å². The van der Waals surface area contributed by atoms with Gasteiger partial charge < -0.3 is 5.73 Å². The van der Waals surface area contributed by atoms with Gasteiger partial charge in [0.2, 0.25) is 0 Å². The van der Waals surface area contributed by atoms with Gasteiger partial charge in [-0.25, -0.2) is 4.39 Å². The minimum atomic E-state index is -0.256. The van der Waals surface area contributed by atoms with E-state index < -0.39 is 0 Å². The molecule has 1 saturated carbocycles. The molecule has 0 aromatic heterocycles. The topological polar surface area (TPSA) is 26.0 Å². The highest BCUT2D eigenvalue weighted by Gasteiger charge is 2.20. The number of rotatable bonds is 3. The predicted octanol–water partition coefficient (Wildman–Crippen LogP) is 4.90. The van der Waals surface area contributed by atoms with Crippen LogP contribution in [0, 0.1) is 5.82 Å². The van der Waals surface area contributed by atoms with Gasteiger partial charge in [-0.3, -0.25) is 0 Å². The molecular weight excluding hydrogens is 317 g/mol. The highest BCUT2D eigenvalue weighted by Crippen LogP contribution is 2.37. The van der Waals surface area contributed by atoms with Crippen molar-refractivity contribution in [2.75, 3.05) is 0 Å². The second-order valence-electron chi connectivity index (χ2n) is 5.44. The lowest BCUT2D eigenvalue weighted by Gasteiger charge is -2.26. The molecule has 2 aromatic rings. The van der Waals surface area contributed by atoms with Crippen molar-refractivity contribution in [1.82, 2.24) is 0 Å². The summed E-state index contributed by atoms with van der Waals surface area (Å²) in [5, 5.41) is 0. The first-order chi connectivity index (χ1) is 9.65. The lowest BCUT2D eigenvalue weighted by atomic mass is 9.79. The molecule has 104 valence electrons. The third kappa shape index (κ3) is 2.65. The predicted molar refractivity (Wildman–Crippen MR) is 83.2 cm³/mol. The zero-order valence-corrected chi connectivity index (χ0v) is 12.7. The van der Waals surface area contributed by atoms with Gasteiger partial charge in [-0.1, -0.05) is 52.7 Å². The molecule has 0 spiro atoms. The Bertz CT molecular complexity index is 605. The summed E-state index contributed by atoms with van der Waals surface area (Å²) in [7, 11) is 0. The Morgan fingerprint density at radius 3 is 2.35 bits per heavy atom. The molecule has 2 aromatic carbocycles. The fraction of sp³-hybridized carbons (Fsp3) is 0.294. The summed E-state index contributed by atoms with van der Waals surface area (Å²) in [6, 6.07) is 12.9. The van der Waals surface area contributed by atoms with E-state index in [2.05, 4.69) is 40.2 Å². The molecule has 1 atom stereocenters. The molecule has 0 aliphatic heterocycles. The number of benzene rings is 2. The second kappa shape index (κ2) is 5.66. The van der Waals surface area contributed by atoms with Gasteiger partial charge in [-0.15, -0.1) is 0 Å². The molecule has 2 N–H and O–H groups in total. The lowest BCUT2D eigenvalue weighted by Crippen LogP contribution is -2.13. The van der Waals surface area contributed by atoms with Gasteiger partial charge in [0.15, 0.2) is 0 Å². The van der Waals surface area contributed by atoms with Crippen molar-refractivity contribution in [3.8, 4) is 0 Å². The fourth-order valence-corrected chi connectivity index (χ4v) is 3.25. The molecule has 0 saturated heterocycles. The van der Waals surface area contributed by atoms with Crippen molar-refractivity contribution in [2.45, 2.75) is 31.2 Å². The molecule has 20 heavy (non-hydrogen) atoms. The Labute approximate surface area is 127 Å². The van der Waals surface area contributed by atoms with Crippen LogP contribution in [0.2, 0.25) is 0 Å². The molecule has 1 fully saturated rings. The molecule has 3 heteroatoms. The lowest BCUT2D eigenvalue weighted by molar-refractivity contribution is 0.419. The van der Waals surface area contributed by atoms with Crippen LogP contribution >= 0.6 is 15.9 Å². The van der Waals surface area contributed by atoms with E-state index in [0.717, 1.165) is 17.0 Å². The van der Waals surface area contributed by atoms with Gasteiger partial charge >= 0.3 is 0 Å². The fourth-order valence-electron chi connectivity index (χ4n) is 2.65. The molecule has 1 nitrogen and oxygen atoms in total. The van der Waals surface area contributed by atoms with Crippen LogP contribution in [-0.4, -0.2) is 0 Å². The summed E-state index contributed by atoms with van der Waals surface area (Å²) in [6.07, 6.45) is 3.94. The maximum atomic E-state index is 13.1. The summed E-state index contributed by atoms with van der Waals surface area (Å²) >= 11 is 3.38. The normalized spacial score (nSPS) is 16.8. The van der Waals surface area contributed by atoms with Gasteiger partial charge in [0.1, 0.15) is 5.82 Å². The molecule has 1 unspecified atom stereocenters. The van der Waals surface area contributed by atoms with Gasteiger partial charge in [0.25, 0.3) is 0 Å². The monoisotopic (exact) mass is 333 g/mol. The zero-order valence-electron chi connectivity index (χ0n) is 11.2. The maximum Gasteiger partial charge on any atom is 0.124 e. The molecule has 0 radical (unpaired) electrons. The number of hydrogen-bond acceptors (Lipinski definition) is 1. The Morgan fingerprint density at radius 2 is 1.80 bits per heavy atom. The van der Waals surface area contributed by atoms with E-state index in [-0.39, 0.29) is 11.9 Å². The van der Waals surface area contributed by atoms with Gasteiger partial charge in [0.05, 0.1) is 6.04 Å². The Balaban J connectivity index is 1.84. The summed E-state index contributed by atoms with van der Waals surface area (Å²) < 4.78 is 13.8. The van der Waals surface area contributed by atoms with Crippen molar-refractivity contribution in [2.24, 2.45) is 5.73 Å². The van der Waals surface area contributed by atoms with E-state index in [0.29, 0.717) is 4.47 Å². The zero-order chi connectivity index (χ0) is 14.1. The first-order valence-corrected chi connectivity index (χ1v) is 7.75. The molecule has 0 bridgehead atoms. The molecule has 1 aliphatic rings. The van der Waals surface area contributed by atoms with E-state index >= 15 is 0 Å². The van der Waals surface area contributed by atoms with Crippen LogP contribution in [0.3, 0.4) is 0 Å². The standard InChI is InChI=1S/C17H17BrFN/c18-16-10-14(19)8-9-15(16)17(20)13-6-4-12(5-7-13)11-2-1-3-11/h4-11,17H,1-3,20H2. The summed E-state index contributed by atoms with van der Waals surface area (Å²) in [4.78, 5) is 0. The molecule has 0 amide bonds. The third-order valence-electron chi connectivity index (χ3n) is 4.17. The molecular formula is C17H17BrFN. The van der Waals surface area contributed by atoms with E-state index in [9.17, 15) is 4.39 Å². The van der Waals surface area contributed by atoms with E-state index in [1.807, 2.05) is 0 Å². The average molecular weight is 334 g/mol. The first-order valence-electron chi connectivity index (χ1n) is 6.95. The molecule has 0 heterocycles. The highest BCUT2D eigenvalue weighted by atomic mass is 79.9. The maximum absolute atomic E-state index is 13.1. The Morgan fingerprint density at radius 1 is 1.10 bits per heavy atom. The van der Waals surface area contributed by atoms with Crippen molar-refractivity contribution in [1.29, 1.82) is 0 Å². The Kier molecular flexibility index (Phi) is 3.90. The summed E-state index contributed by atoms with van der Waals surface area (Å²) in [5.74, 6) is 0.478. The number of halogens is 2. The quantitative estimate of drug-likeness (QED) is 0.848. The number of nitrogens with two attached hydrogens (primary N) is 1. The van der Waals surface area contributed by atoms with Crippen LogP contribution < -0.4 is 5.73 Å². The van der Waals surface area contributed by atoms with Crippen LogP contribution in [0.25, 0.3) is 0 Å². The van der Waals surface area contributed by atoms with E-state index in [1.165, 1.54) is 37.0 Å². The van der Waals surface area contributed by atoms with Crippen molar-refractivity contribution < 1.29 is 4.39 Å². The minimum Gasteiger partial charge on any atom is -0.320 e. The van der Waals surface area contributed by atoms with Gasteiger partial charge in [0, 0.05) is 4.47 Å². The van der Waals surface area contributed by atoms with Crippen LogP contribution in [0.1, 0.15) is 47.9 Å². The Hall–Kier alpha value is -1.19. The van der Waals surface area contributed by atoms with Crippen LogP contribution in [0.15, 0.2) is 46.9 Å². The van der Waals surface area contributed by atoms with Gasteiger partial charge in [-0.05, 0) is 47.6 Å². The molecule has 1 aliphatic carbocycles. The summed E-state index contributed by atoms with van der Waals surface area (Å²) in [6.45, 7) is 0. The largest absolute Gasteiger partial charge is 0.320 e. The minimum absolute atomic E-state index is 0.236. The number of hydrogen-bond donors (Lipinski definition) is 1. The first kappa shape index (κ1) is 13.8. The SMILES string of the molecule is NC(c1ccc(C2CCC2)cc1)c1ccc(F)cc1Br. The molecule has 3 rings (SSSR count). The van der Waals surface area contributed by atoms with Crippen LogP contribution in [0.5, 0.6) is 0 Å². The van der Waals surface area contributed by atoms with E-state index in [4.69, 9.17) is 5.73 Å². The van der Waals surface area contributed by atoms with E-state index in [1.54, 1.807) is 6.07 Å². The van der Waals surface area contributed by atoms with Crippen molar-refractivity contribution in [3.05, 3.63) is 69.4 Å². The average Bonchev–Trinajstić information content (AvgIpc) is 2.37. The third-order valence-corrected chi connectivity index (χ3v) is 4.86. The second-order valence-corrected chi connectivity index (χ2v) is 6.29.